The number of ether oxygens (including phenoxy) is 1. The van der Waals surface area contributed by atoms with Gasteiger partial charge >= 0.3 is 0 Å². The SMILES string of the molecule is Cc1cccn2c(C(C)(C)NC(=O)C3CNCCCO3)nc(C)c12. The number of imidazole rings is 1. The van der Waals surface area contributed by atoms with E-state index in [2.05, 4.69) is 28.0 Å². The lowest BCUT2D eigenvalue weighted by Gasteiger charge is -2.27. The molecule has 6 nitrogen and oxygen atoms in total. The van der Waals surface area contributed by atoms with Crippen LogP contribution in [0.15, 0.2) is 18.3 Å². The molecule has 6 heteroatoms. The Balaban J connectivity index is 1.88. The highest BCUT2D eigenvalue weighted by molar-refractivity contribution is 5.82. The van der Waals surface area contributed by atoms with Crippen LogP contribution in [0.25, 0.3) is 5.52 Å². The highest BCUT2D eigenvalue weighted by Crippen LogP contribution is 2.25. The molecule has 2 aromatic rings. The number of hydrogen-bond donors (Lipinski definition) is 2. The van der Waals surface area contributed by atoms with Crippen LogP contribution in [0.1, 0.15) is 37.4 Å². The van der Waals surface area contributed by atoms with Crippen LogP contribution in [0.3, 0.4) is 0 Å². The number of aryl methyl sites for hydroxylation is 2. The maximum absolute atomic E-state index is 12.6. The summed E-state index contributed by atoms with van der Waals surface area (Å²) in [6.45, 7) is 10.1. The Hall–Kier alpha value is -1.92. The number of hydrogen-bond acceptors (Lipinski definition) is 4. The number of fused-ring (bicyclic) bond motifs is 1. The van der Waals surface area contributed by atoms with Crippen molar-refractivity contribution in [2.24, 2.45) is 0 Å². The van der Waals surface area contributed by atoms with Gasteiger partial charge in [-0.3, -0.25) is 4.79 Å². The summed E-state index contributed by atoms with van der Waals surface area (Å²) in [7, 11) is 0. The van der Waals surface area contributed by atoms with E-state index >= 15 is 0 Å². The summed E-state index contributed by atoms with van der Waals surface area (Å²) in [6, 6.07) is 4.08. The number of pyridine rings is 1. The normalized spacial score (nSPS) is 19.2. The molecule has 3 rings (SSSR count). The molecule has 0 aliphatic carbocycles. The predicted molar refractivity (Wildman–Crippen MR) is 93.1 cm³/mol. The van der Waals surface area contributed by atoms with Gasteiger partial charge in [0.2, 0.25) is 0 Å². The van der Waals surface area contributed by atoms with E-state index < -0.39 is 11.6 Å². The van der Waals surface area contributed by atoms with Crippen molar-refractivity contribution in [3.8, 4) is 0 Å². The zero-order valence-corrected chi connectivity index (χ0v) is 14.8. The molecule has 130 valence electrons. The molecule has 24 heavy (non-hydrogen) atoms. The number of nitrogens with one attached hydrogen (secondary N) is 2. The number of nitrogens with zero attached hydrogens (tertiary/aromatic N) is 2. The van der Waals surface area contributed by atoms with Gasteiger partial charge in [-0.15, -0.1) is 0 Å². The fourth-order valence-electron chi connectivity index (χ4n) is 3.29. The number of amides is 1. The van der Waals surface area contributed by atoms with E-state index in [1.165, 1.54) is 5.56 Å². The van der Waals surface area contributed by atoms with E-state index in [1.807, 2.05) is 33.0 Å². The van der Waals surface area contributed by atoms with E-state index in [1.54, 1.807) is 0 Å². The monoisotopic (exact) mass is 330 g/mol. The molecule has 1 aliphatic heterocycles. The van der Waals surface area contributed by atoms with E-state index in [9.17, 15) is 4.79 Å². The average molecular weight is 330 g/mol. The van der Waals surface area contributed by atoms with Crippen LogP contribution in [0, 0.1) is 13.8 Å². The van der Waals surface area contributed by atoms with Crippen molar-refractivity contribution < 1.29 is 9.53 Å². The number of rotatable bonds is 3. The predicted octanol–water partition coefficient (Wildman–Crippen LogP) is 1.68. The molecule has 1 amide bonds. The van der Waals surface area contributed by atoms with Crippen molar-refractivity contribution in [3.05, 3.63) is 35.4 Å². The average Bonchev–Trinajstić information content (AvgIpc) is 2.72. The summed E-state index contributed by atoms with van der Waals surface area (Å²) in [5.41, 5.74) is 2.64. The standard InChI is InChI=1S/C18H26N4O2/c1-12-7-5-9-22-15(12)13(2)20-17(22)18(3,4)21-16(23)14-11-19-8-6-10-24-14/h5,7,9,14,19H,6,8,10-11H2,1-4H3,(H,21,23). The lowest BCUT2D eigenvalue weighted by atomic mass is 10.0. The Labute approximate surface area is 142 Å². The van der Waals surface area contributed by atoms with Crippen molar-refractivity contribution in [3.63, 3.8) is 0 Å². The lowest BCUT2D eigenvalue weighted by molar-refractivity contribution is -0.133. The number of aromatic nitrogens is 2. The molecule has 0 bridgehead atoms. The second-order valence-electron chi connectivity index (χ2n) is 6.96. The molecule has 2 N–H and O–H groups in total. The third kappa shape index (κ3) is 3.16. The topological polar surface area (TPSA) is 67.7 Å². The van der Waals surface area contributed by atoms with E-state index in [-0.39, 0.29) is 5.91 Å². The maximum atomic E-state index is 12.6. The summed E-state index contributed by atoms with van der Waals surface area (Å²) in [6.07, 6.45) is 2.46. The quantitative estimate of drug-likeness (QED) is 0.898. The van der Waals surface area contributed by atoms with Crippen LogP contribution in [0.2, 0.25) is 0 Å². The first-order valence-electron chi connectivity index (χ1n) is 8.49. The maximum Gasteiger partial charge on any atom is 0.251 e. The Morgan fingerprint density at radius 1 is 1.46 bits per heavy atom. The van der Waals surface area contributed by atoms with Crippen molar-refractivity contribution in [2.45, 2.75) is 45.8 Å². The van der Waals surface area contributed by atoms with E-state index in [0.29, 0.717) is 13.2 Å². The van der Waals surface area contributed by atoms with E-state index in [4.69, 9.17) is 9.72 Å². The van der Waals surface area contributed by atoms with Crippen molar-refractivity contribution in [1.82, 2.24) is 20.0 Å². The summed E-state index contributed by atoms with van der Waals surface area (Å²) in [5, 5.41) is 6.35. The second-order valence-corrected chi connectivity index (χ2v) is 6.96. The summed E-state index contributed by atoms with van der Waals surface area (Å²) >= 11 is 0. The first-order valence-corrected chi connectivity index (χ1v) is 8.49. The highest BCUT2D eigenvalue weighted by atomic mass is 16.5. The van der Waals surface area contributed by atoms with Gasteiger partial charge in [-0.25, -0.2) is 4.98 Å². The van der Waals surface area contributed by atoms with Gasteiger partial charge < -0.3 is 19.8 Å². The Morgan fingerprint density at radius 3 is 3.04 bits per heavy atom. The van der Waals surface area contributed by atoms with Gasteiger partial charge in [0.1, 0.15) is 11.9 Å². The van der Waals surface area contributed by atoms with Gasteiger partial charge in [0.15, 0.2) is 0 Å². The van der Waals surface area contributed by atoms with Gasteiger partial charge in [0.25, 0.3) is 5.91 Å². The molecular formula is C18H26N4O2. The molecule has 0 saturated carbocycles. The Kier molecular flexibility index (Phi) is 4.60. The first kappa shape index (κ1) is 16.9. The molecular weight excluding hydrogens is 304 g/mol. The van der Waals surface area contributed by atoms with E-state index in [0.717, 1.165) is 30.0 Å². The third-order valence-corrected chi connectivity index (χ3v) is 4.47. The van der Waals surface area contributed by atoms with Crippen LogP contribution in [0.5, 0.6) is 0 Å². The number of carbonyl (C=O) groups is 1. The van der Waals surface area contributed by atoms with Gasteiger partial charge in [-0.2, -0.15) is 0 Å². The van der Waals surface area contributed by atoms with Gasteiger partial charge in [0, 0.05) is 19.3 Å². The Bertz CT molecular complexity index is 743. The summed E-state index contributed by atoms with van der Waals surface area (Å²) in [4.78, 5) is 17.4. The minimum Gasteiger partial charge on any atom is -0.367 e. The zero-order valence-electron chi connectivity index (χ0n) is 14.8. The van der Waals surface area contributed by atoms with Crippen molar-refractivity contribution in [1.29, 1.82) is 0 Å². The molecule has 3 heterocycles. The van der Waals surface area contributed by atoms with Gasteiger partial charge in [-0.1, -0.05) is 6.07 Å². The van der Waals surface area contributed by atoms with Crippen LogP contribution >= 0.6 is 0 Å². The molecule has 2 aromatic heterocycles. The molecule has 1 atom stereocenters. The molecule has 0 spiro atoms. The highest BCUT2D eigenvalue weighted by Gasteiger charge is 2.32. The Morgan fingerprint density at radius 2 is 2.25 bits per heavy atom. The van der Waals surface area contributed by atoms with Crippen LogP contribution in [0.4, 0.5) is 0 Å². The first-order chi connectivity index (χ1) is 11.4. The minimum atomic E-state index is -0.599. The molecule has 1 unspecified atom stereocenters. The summed E-state index contributed by atoms with van der Waals surface area (Å²) < 4.78 is 7.72. The van der Waals surface area contributed by atoms with Gasteiger partial charge in [-0.05, 0) is 52.3 Å². The molecule has 0 radical (unpaired) electrons. The summed E-state index contributed by atoms with van der Waals surface area (Å²) in [5.74, 6) is 0.727. The van der Waals surface area contributed by atoms with Crippen molar-refractivity contribution in [2.75, 3.05) is 19.7 Å². The molecule has 1 saturated heterocycles. The molecule has 0 aromatic carbocycles. The third-order valence-electron chi connectivity index (χ3n) is 4.47. The number of carbonyl (C=O) groups excluding carboxylic acids is 1. The second kappa shape index (κ2) is 6.53. The van der Waals surface area contributed by atoms with Gasteiger partial charge in [0.05, 0.1) is 16.7 Å². The fourth-order valence-corrected chi connectivity index (χ4v) is 3.29. The molecule has 1 aliphatic rings. The van der Waals surface area contributed by atoms with Crippen LogP contribution in [-0.4, -0.2) is 41.1 Å². The smallest absolute Gasteiger partial charge is 0.251 e. The molecule has 1 fully saturated rings. The lowest BCUT2D eigenvalue weighted by Crippen LogP contribution is -2.49. The van der Waals surface area contributed by atoms with Crippen molar-refractivity contribution >= 4 is 11.4 Å². The van der Waals surface area contributed by atoms with Crippen LogP contribution < -0.4 is 10.6 Å². The fraction of sp³-hybridized carbons (Fsp3) is 0.556. The van der Waals surface area contributed by atoms with Crippen LogP contribution in [-0.2, 0) is 15.1 Å². The zero-order chi connectivity index (χ0) is 17.3. The minimum absolute atomic E-state index is 0.101. The largest absolute Gasteiger partial charge is 0.367 e.